The fourth-order valence-electron chi connectivity index (χ4n) is 2.30. The Morgan fingerprint density at radius 1 is 0.864 bits per heavy atom. The Kier molecular flexibility index (Phi) is 3.16. The Bertz CT molecular complexity index is 840. The lowest BCUT2D eigenvalue weighted by Gasteiger charge is -2.10. The van der Waals surface area contributed by atoms with Gasteiger partial charge in [-0.15, -0.1) is 0 Å². The van der Waals surface area contributed by atoms with Crippen molar-refractivity contribution >= 4 is 22.3 Å². The zero-order valence-electron chi connectivity index (χ0n) is 11.4. The van der Waals surface area contributed by atoms with Gasteiger partial charge in [0.25, 0.3) is 0 Å². The van der Waals surface area contributed by atoms with E-state index < -0.39 is 11.7 Å². The van der Waals surface area contributed by atoms with Gasteiger partial charge in [-0.25, -0.2) is 4.98 Å². The lowest BCUT2D eigenvalue weighted by atomic mass is 10.0. The molecule has 1 heterocycles. The van der Waals surface area contributed by atoms with Crippen LogP contribution in [0.1, 0.15) is 5.56 Å². The molecule has 0 aliphatic carbocycles. The van der Waals surface area contributed by atoms with E-state index in [2.05, 4.69) is 4.98 Å². The van der Waals surface area contributed by atoms with E-state index in [1.165, 1.54) is 12.1 Å². The minimum absolute atomic E-state index is 0.291. The summed E-state index contributed by atoms with van der Waals surface area (Å²) in [5.74, 6) is 0.291. The summed E-state index contributed by atoms with van der Waals surface area (Å²) in [6.07, 6.45) is -4.36. The van der Waals surface area contributed by atoms with E-state index in [-0.39, 0.29) is 0 Å². The van der Waals surface area contributed by atoms with Crippen LogP contribution in [0.3, 0.4) is 0 Å². The van der Waals surface area contributed by atoms with Crippen molar-refractivity contribution in [3.05, 3.63) is 54.1 Å². The number of hydrogen-bond donors (Lipinski definition) is 2. The van der Waals surface area contributed by atoms with Crippen LogP contribution in [0.2, 0.25) is 0 Å². The summed E-state index contributed by atoms with van der Waals surface area (Å²) in [5, 5.41) is 1.44. The Morgan fingerprint density at radius 2 is 1.55 bits per heavy atom. The molecular weight excluding hydrogens is 291 g/mol. The molecule has 6 heteroatoms. The number of fused-ring (bicyclic) bond motifs is 1. The minimum Gasteiger partial charge on any atom is -0.398 e. The molecule has 3 nitrogen and oxygen atoms in total. The highest BCUT2D eigenvalue weighted by Crippen LogP contribution is 2.33. The van der Waals surface area contributed by atoms with Gasteiger partial charge in [0.15, 0.2) is 0 Å². The van der Waals surface area contributed by atoms with Crippen molar-refractivity contribution in [3.63, 3.8) is 0 Å². The first kappa shape index (κ1) is 14.2. The average molecular weight is 303 g/mol. The van der Waals surface area contributed by atoms with Gasteiger partial charge in [-0.05, 0) is 24.3 Å². The van der Waals surface area contributed by atoms with Gasteiger partial charge >= 0.3 is 6.18 Å². The highest BCUT2D eigenvalue weighted by atomic mass is 19.4. The van der Waals surface area contributed by atoms with Crippen molar-refractivity contribution in [2.75, 3.05) is 11.5 Å². The summed E-state index contributed by atoms with van der Waals surface area (Å²) in [7, 11) is 0. The summed E-state index contributed by atoms with van der Waals surface area (Å²) in [6, 6.07) is 11.8. The molecule has 1 aromatic heterocycles. The molecule has 4 N–H and O–H groups in total. The van der Waals surface area contributed by atoms with E-state index in [9.17, 15) is 13.2 Å². The van der Waals surface area contributed by atoms with Gasteiger partial charge in [-0.2, -0.15) is 13.2 Å². The quantitative estimate of drug-likeness (QED) is 0.666. The summed E-state index contributed by atoms with van der Waals surface area (Å²) < 4.78 is 37.8. The molecule has 0 fully saturated rings. The number of benzene rings is 2. The van der Waals surface area contributed by atoms with Crippen LogP contribution < -0.4 is 11.5 Å². The van der Waals surface area contributed by atoms with Crippen molar-refractivity contribution in [1.82, 2.24) is 4.98 Å². The Labute approximate surface area is 124 Å². The third kappa shape index (κ3) is 2.43. The van der Waals surface area contributed by atoms with Crippen molar-refractivity contribution in [1.29, 1.82) is 0 Å². The van der Waals surface area contributed by atoms with Crippen LogP contribution in [0, 0.1) is 0 Å². The molecule has 0 bridgehead atoms. The standard InChI is InChI=1S/C16H12F3N3/c17-16(18,19)10-6-4-9(5-7-10)14-8-12-11(15(21)22-14)2-1-3-13(12)20/h1-8H,20H2,(H2,21,22). The Balaban J connectivity index is 2.12. The molecule has 112 valence electrons. The van der Waals surface area contributed by atoms with Gasteiger partial charge in [-0.1, -0.05) is 24.3 Å². The fraction of sp³-hybridized carbons (Fsp3) is 0.0625. The Morgan fingerprint density at radius 3 is 2.18 bits per heavy atom. The third-order valence-corrected chi connectivity index (χ3v) is 3.45. The first-order valence-electron chi connectivity index (χ1n) is 6.48. The molecule has 0 spiro atoms. The highest BCUT2D eigenvalue weighted by Gasteiger charge is 2.30. The number of anilines is 2. The van der Waals surface area contributed by atoms with E-state index in [1.54, 1.807) is 24.3 Å². The van der Waals surface area contributed by atoms with Crippen molar-refractivity contribution in [2.45, 2.75) is 6.18 Å². The van der Waals surface area contributed by atoms with Crippen LogP contribution in [0.4, 0.5) is 24.7 Å². The first-order valence-corrected chi connectivity index (χ1v) is 6.48. The topological polar surface area (TPSA) is 64.9 Å². The van der Waals surface area contributed by atoms with Crippen LogP contribution in [-0.2, 0) is 6.18 Å². The molecule has 0 amide bonds. The van der Waals surface area contributed by atoms with Gasteiger partial charge in [0, 0.05) is 22.0 Å². The predicted molar refractivity (Wildman–Crippen MR) is 81.0 cm³/mol. The zero-order chi connectivity index (χ0) is 15.9. The van der Waals surface area contributed by atoms with E-state index in [4.69, 9.17) is 11.5 Å². The number of alkyl halides is 3. The molecule has 3 rings (SSSR count). The average Bonchev–Trinajstić information content (AvgIpc) is 2.47. The summed E-state index contributed by atoms with van der Waals surface area (Å²) >= 11 is 0. The predicted octanol–water partition coefficient (Wildman–Crippen LogP) is 4.09. The molecule has 3 aromatic rings. The van der Waals surface area contributed by atoms with Crippen molar-refractivity contribution in [2.24, 2.45) is 0 Å². The number of nitrogens with zero attached hydrogens (tertiary/aromatic N) is 1. The molecule has 0 saturated carbocycles. The SMILES string of the molecule is Nc1cccc2c(N)nc(-c3ccc(C(F)(F)F)cc3)cc12. The molecule has 0 radical (unpaired) electrons. The number of nitrogen functional groups attached to an aromatic ring is 2. The fourth-order valence-corrected chi connectivity index (χ4v) is 2.30. The number of hydrogen-bond acceptors (Lipinski definition) is 3. The molecule has 0 atom stereocenters. The van der Waals surface area contributed by atoms with Gasteiger partial charge in [0.2, 0.25) is 0 Å². The first-order chi connectivity index (χ1) is 10.4. The normalized spacial score (nSPS) is 11.8. The number of halogens is 3. The molecule has 0 aliphatic rings. The molecule has 0 saturated heterocycles. The molecule has 0 unspecified atom stereocenters. The maximum Gasteiger partial charge on any atom is 0.416 e. The zero-order valence-corrected chi connectivity index (χ0v) is 11.4. The van der Waals surface area contributed by atoms with Crippen molar-refractivity contribution in [3.8, 4) is 11.3 Å². The van der Waals surface area contributed by atoms with Crippen molar-refractivity contribution < 1.29 is 13.2 Å². The van der Waals surface area contributed by atoms with E-state index >= 15 is 0 Å². The van der Waals surface area contributed by atoms with E-state index in [0.717, 1.165) is 22.9 Å². The largest absolute Gasteiger partial charge is 0.416 e. The van der Waals surface area contributed by atoms with Crippen LogP contribution in [0.5, 0.6) is 0 Å². The lowest BCUT2D eigenvalue weighted by molar-refractivity contribution is -0.137. The second kappa shape index (κ2) is 4.91. The highest BCUT2D eigenvalue weighted by molar-refractivity contribution is 6.00. The second-order valence-corrected chi connectivity index (χ2v) is 4.91. The van der Waals surface area contributed by atoms with Crippen LogP contribution in [-0.4, -0.2) is 4.98 Å². The Hall–Kier alpha value is -2.76. The minimum atomic E-state index is -4.36. The summed E-state index contributed by atoms with van der Waals surface area (Å²) in [4.78, 5) is 4.25. The van der Waals surface area contributed by atoms with Gasteiger partial charge < -0.3 is 11.5 Å². The van der Waals surface area contributed by atoms with Crippen LogP contribution >= 0.6 is 0 Å². The smallest absolute Gasteiger partial charge is 0.398 e. The number of rotatable bonds is 1. The summed E-state index contributed by atoms with van der Waals surface area (Å²) in [5.41, 5.74) is 12.7. The lowest BCUT2D eigenvalue weighted by Crippen LogP contribution is -2.04. The van der Waals surface area contributed by atoms with Gasteiger partial charge in [0.1, 0.15) is 5.82 Å². The third-order valence-electron chi connectivity index (χ3n) is 3.45. The second-order valence-electron chi connectivity index (χ2n) is 4.91. The maximum atomic E-state index is 12.6. The number of aromatic nitrogens is 1. The number of pyridine rings is 1. The molecule has 22 heavy (non-hydrogen) atoms. The van der Waals surface area contributed by atoms with Crippen LogP contribution in [0.25, 0.3) is 22.0 Å². The monoisotopic (exact) mass is 303 g/mol. The maximum absolute atomic E-state index is 12.6. The van der Waals surface area contributed by atoms with E-state index in [1.807, 2.05) is 0 Å². The molecular formula is C16H12F3N3. The molecule has 2 aromatic carbocycles. The van der Waals surface area contributed by atoms with Gasteiger partial charge in [-0.3, -0.25) is 0 Å². The van der Waals surface area contributed by atoms with Gasteiger partial charge in [0.05, 0.1) is 11.3 Å². The van der Waals surface area contributed by atoms with E-state index in [0.29, 0.717) is 22.8 Å². The number of nitrogens with two attached hydrogens (primary N) is 2. The summed E-state index contributed by atoms with van der Waals surface area (Å²) in [6.45, 7) is 0. The molecule has 0 aliphatic heterocycles. The van der Waals surface area contributed by atoms with Crippen LogP contribution in [0.15, 0.2) is 48.5 Å².